The van der Waals surface area contributed by atoms with Gasteiger partial charge in [0.05, 0.1) is 4.90 Å². The van der Waals surface area contributed by atoms with E-state index in [2.05, 4.69) is 0 Å². The van der Waals surface area contributed by atoms with E-state index in [4.69, 9.17) is 0 Å². The van der Waals surface area contributed by atoms with Gasteiger partial charge in [-0.2, -0.15) is 4.31 Å². The van der Waals surface area contributed by atoms with Gasteiger partial charge in [0.1, 0.15) is 5.82 Å². The molecular weight excluding hydrogens is 265 g/mol. The second kappa shape index (κ2) is 4.87. The fraction of sp³-hybridized carbons (Fsp3) is 0.571. The average Bonchev–Trinajstić information content (AvgIpc) is 2.83. The number of nitrogens with zero attached hydrogens (tertiary/aromatic N) is 1. The molecule has 0 N–H and O–H groups in total. The van der Waals surface area contributed by atoms with E-state index < -0.39 is 15.8 Å². The van der Waals surface area contributed by atoms with Gasteiger partial charge < -0.3 is 0 Å². The summed E-state index contributed by atoms with van der Waals surface area (Å²) >= 11 is 0. The third-order valence-corrected chi connectivity index (χ3v) is 6.32. The van der Waals surface area contributed by atoms with Crippen LogP contribution in [-0.2, 0) is 10.0 Å². The topological polar surface area (TPSA) is 37.4 Å². The fourth-order valence-electron chi connectivity index (χ4n) is 3.40. The third-order valence-electron chi connectivity index (χ3n) is 4.38. The molecule has 1 heterocycles. The van der Waals surface area contributed by atoms with E-state index in [9.17, 15) is 12.8 Å². The maximum atomic E-state index is 12.9. The van der Waals surface area contributed by atoms with Crippen LogP contribution in [0.1, 0.15) is 32.1 Å². The van der Waals surface area contributed by atoms with Gasteiger partial charge in [-0.05, 0) is 49.4 Å². The molecule has 2 fully saturated rings. The van der Waals surface area contributed by atoms with Crippen molar-refractivity contribution in [2.24, 2.45) is 5.92 Å². The first kappa shape index (κ1) is 13.1. The number of fused-ring (bicyclic) bond motifs is 1. The van der Waals surface area contributed by atoms with Crippen LogP contribution in [0.15, 0.2) is 29.2 Å². The highest BCUT2D eigenvalue weighted by Gasteiger charge is 2.42. The van der Waals surface area contributed by atoms with E-state index in [-0.39, 0.29) is 10.9 Å². The molecule has 1 aliphatic carbocycles. The third kappa shape index (κ3) is 2.30. The second-order valence-electron chi connectivity index (χ2n) is 5.47. The van der Waals surface area contributed by atoms with Gasteiger partial charge in [0.25, 0.3) is 0 Å². The second-order valence-corrected chi connectivity index (χ2v) is 7.36. The summed E-state index contributed by atoms with van der Waals surface area (Å²) in [5.41, 5.74) is 0. The Balaban J connectivity index is 1.90. The zero-order valence-corrected chi connectivity index (χ0v) is 11.6. The summed E-state index contributed by atoms with van der Waals surface area (Å²) in [5, 5.41) is 0. The minimum Gasteiger partial charge on any atom is -0.207 e. The molecule has 1 aromatic rings. The van der Waals surface area contributed by atoms with Crippen LogP contribution >= 0.6 is 0 Å². The first-order valence-electron chi connectivity index (χ1n) is 6.86. The van der Waals surface area contributed by atoms with Crippen LogP contribution in [-0.4, -0.2) is 25.3 Å². The largest absolute Gasteiger partial charge is 0.243 e. The van der Waals surface area contributed by atoms with E-state index in [1.807, 2.05) is 0 Å². The number of sulfonamides is 1. The lowest BCUT2D eigenvalue weighted by atomic mass is 9.86. The normalized spacial score (nSPS) is 28.3. The van der Waals surface area contributed by atoms with Crippen molar-refractivity contribution < 1.29 is 12.8 Å². The quantitative estimate of drug-likeness (QED) is 0.837. The minimum absolute atomic E-state index is 0.156. The van der Waals surface area contributed by atoms with Crippen molar-refractivity contribution in [3.63, 3.8) is 0 Å². The summed E-state index contributed by atoms with van der Waals surface area (Å²) < 4.78 is 39.8. The maximum Gasteiger partial charge on any atom is 0.243 e. The van der Waals surface area contributed by atoms with Gasteiger partial charge in [-0.15, -0.1) is 0 Å². The Kier molecular flexibility index (Phi) is 3.35. The SMILES string of the molecule is O=S(=O)(c1ccc(F)cc1)N1CCC2CCCCC21. The minimum atomic E-state index is -3.46. The fourth-order valence-corrected chi connectivity index (χ4v) is 5.13. The summed E-state index contributed by atoms with van der Waals surface area (Å²) in [4.78, 5) is 0.208. The van der Waals surface area contributed by atoms with Gasteiger partial charge in [0, 0.05) is 12.6 Å². The zero-order chi connectivity index (χ0) is 13.5. The first-order chi connectivity index (χ1) is 9.09. The van der Waals surface area contributed by atoms with Crippen molar-refractivity contribution >= 4 is 10.0 Å². The summed E-state index contributed by atoms with van der Waals surface area (Å²) in [6.07, 6.45) is 5.39. The van der Waals surface area contributed by atoms with Gasteiger partial charge in [0.2, 0.25) is 10.0 Å². The Morgan fingerprint density at radius 1 is 1.05 bits per heavy atom. The molecule has 0 spiro atoms. The van der Waals surface area contributed by atoms with Gasteiger partial charge in [-0.25, -0.2) is 12.8 Å². The lowest BCUT2D eigenvalue weighted by molar-refractivity contribution is 0.260. The molecule has 0 radical (unpaired) electrons. The Morgan fingerprint density at radius 2 is 1.74 bits per heavy atom. The number of rotatable bonds is 2. The number of hydrogen-bond acceptors (Lipinski definition) is 2. The van der Waals surface area contributed by atoms with Crippen LogP contribution in [0.2, 0.25) is 0 Å². The summed E-state index contributed by atoms with van der Waals surface area (Å²) in [6, 6.07) is 5.30. The smallest absolute Gasteiger partial charge is 0.207 e. The summed E-state index contributed by atoms with van der Waals surface area (Å²) in [6.45, 7) is 0.606. The van der Waals surface area contributed by atoms with E-state index >= 15 is 0 Å². The standard InChI is InChI=1S/C14H18FNO2S/c15-12-5-7-13(8-6-12)19(17,18)16-10-9-11-3-1-2-4-14(11)16/h5-8,11,14H,1-4,9-10H2. The Labute approximate surface area is 113 Å². The van der Waals surface area contributed by atoms with Crippen LogP contribution < -0.4 is 0 Å². The van der Waals surface area contributed by atoms with E-state index in [1.54, 1.807) is 4.31 Å². The molecule has 1 saturated carbocycles. The van der Waals surface area contributed by atoms with Crippen LogP contribution in [0, 0.1) is 11.7 Å². The Hall–Kier alpha value is -0.940. The molecule has 19 heavy (non-hydrogen) atoms. The van der Waals surface area contributed by atoms with Crippen molar-refractivity contribution in [3.8, 4) is 0 Å². The predicted molar refractivity (Wildman–Crippen MR) is 70.7 cm³/mol. The van der Waals surface area contributed by atoms with Gasteiger partial charge >= 0.3 is 0 Å². The molecule has 5 heteroatoms. The van der Waals surface area contributed by atoms with E-state index in [1.165, 1.54) is 30.7 Å². The lowest BCUT2D eigenvalue weighted by Gasteiger charge is -2.31. The molecule has 1 aromatic carbocycles. The first-order valence-corrected chi connectivity index (χ1v) is 8.30. The van der Waals surface area contributed by atoms with E-state index in [0.717, 1.165) is 25.7 Å². The lowest BCUT2D eigenvalue weighted by Crippen LogP contribution is -2.39. The average molecular weight is 283 g/mol. The predicted octanol–water partition coefficient (Wildman–Crippen LogP) is 2.78. The van der Waals surface area contributed by atoms with Gasteiger partial charge in [-0.3, -0.25) is 0 Å². The van der Waals surface area contributed by atoms with Crippen molar-refractivity contribution in [3.05, 3.63) is 30.1 Å². The van der Waals surface area contributed by atoms with Crippen LogP contribution in [0.3, 0.4) is 0 Å². The molecule has 0 amide bonds. The maximum absolute atomic E-state index is 12.9. The summed E-state index contributed by atoms with van der Waals surface area (Å²) in [5.74, 6) is 0.111. The van der Waals surface area contributed by atoms with E-state index in [0.29, 0.717) is 12.5 Å². The van der Waals surface area contributed by atoms with Crippen LogP contribution in [0.25, 0.3) is 0 Å². The Bertz CT molecular complexity index is 555. The number of hydrogen-bond donors (Lipinski definition) is 0. The Morgan fingerprint density at radius 3 is 2.47 bits per heavy atom. The molecule has 2 atom stereocenters. The molecule has 104 valence electrons. The molecule has 2 unspecified atom stereocenters. The van der Waals surface area contributed by atoms with Gasteiger partial charge in [-0.1, -0.05) is 12.8 Å². The monoisotopic (exact) mass is 283 g/mol. The van der Waals surface area contributed by atoms with Crippen molar-refractivity contribution in [2.75, 3.05) is 6.54 Å². The molecule has 1 saturated heterocycles. The molecule has 2 aliphatic rings. The molecule has 0 bridgehead atoms. The molecular formula is C14H18FNO2S. The van der Waals surface area contributed by atoms with Crippen LogP contribution in [0.4, 0.5) is 4.39 Å². The number of halogens is 1. The van der Waals surface area contributed by atoms with Crippen molar-refractivity contribution in [1.82, 2.24) is 4.31 Å². The highest BCUT2D eigenvalue weighted by molar-refractivity contribution is 7.89. The highest BCUT2D eigenvalue weighted by atomic mass is 32.2. The molecule has 0 aromatic heterocycles. The zero-order valence-electron chi connectivity index (χ0n) is 10.8. The van der Waals surface area contributed by atoms with Crippen molar-refractivity contribution in [1.29, 1.82) is 0 Å². The number of benzene rings is 1. The van der Waals surface area contributed by atoms with Crippen molar-refractivity contribution in [2.45, 2.75) is 43.0 Å². The molecule has 3 rings (SSSR count). The molecule has 3 nitrogen and oxygen atoms in total. The van der Waals surface area contributed by atoms with Crippen LogP contribution in [0.5, 0.6) is 0 Å². The summed E-state index contributed by atoms with van der Waals surface area (Å²) in [7, 11) is -3.46. The molecule has 1 aliphatic heterocycles. The van der Waals surface area contributed by atoms with Gasteiger partial charge in [0.15, 0.2) is 0 Å². The highest BCUT2D eigenvalue weighted by Crippen LogP contribution is 2.39.